The van der Waals surface area contributed by atoms with Crippen LogP contribution in [0.3, 0.4) is 0 Å². The molecular formula is C17H22N4O3. The zero-order valence-electron chi connectivity index (χ0n) is 13.9. The summed E-state index contributed by atoms with van der Waals surface area (Å²) in [6.07, 6.45) is 6.49. The van der Waals surface area contributed by atoms with Gasteiger partial charge in [0.05, 0.1) is 6.26 Å². The molecule has 128 valence electrons. The summed E-state index contributed by atoms with van der Waals surface area (Å²) in [5, 5.41) is 3.08. The van der Waals surface area contributed by atoms with E-state index in [0.717, 1.165) is 18.7 Å². The first-order valence-corrected chi connectivity index (χ1v) is 8.19. The van der Waals surface area contributed by atoms with E-state index in [-0.39, 0.29) is 23.9 Å². The minimum absolute atomic E-state index is 0.0214. The molecule has 0 bridgehead atoms. The number of piperidine rings is 1. The van der Waals surface area contributed by atoms with E-state index in [9.17, 15) is 9.59 Å². The monoisotopic (exact) mass is 330 g/mol. The largest absolute Gasteiger partial charge is 0.459 e. The molecule has 7 nitrogen and oxygen atoms in total. The van der Waals surface area contributed by atoms with E-state index in [4.69, 9.17) is 4.42 Å². The molecule has 0 spiro atoms. The average molecular weight is 330 g/mol. The molecule has 0 radical (unpaired) electrons. The fourth-order valence-corrected chi connectivity index (χ4v) is 3.03. The number of aromatic nitrogens is 2. The molecule has 1 atom stereocenters. The molecule has 0 aliphatic carbocycles. The van der Waals surface area contributed by atoms with Crippen LogP contribution < -0.4 is 5.32 Å². The van der Waals surface area contributed by atoms with E-state index < -0.39 is 0 Å². The topological polar surface area (TPSA) is 80.4 Å². The number of carbonyl (C=O) groups is 2. The maximum atomic E-state index is 12.4. The highest BCUT2D eigenvalue weighted by Crippen LogP contribution is 2.16. The van der Waals surface area contributed by atoms with Gasteiger partial charge in [0.15, 0.2) is 5.76 Å². The van der Waals surface area contributed by atoms with Gasteiger partial charge in [0, 0.05) is 31.5 Å². The lowest BCUT2D eigenvalue weighted by Gasteiger charge is -2.32. The Balaban J connectivity index is 1.51. The molecule has 0 aromatic carbocycles. The molecule has 24 heavy (non-hydrogen) atoms. The lowest BCUT2D eigenvalue weighted by Crippen LogP contribution is -2.47. The van der Waals surface area contributed by atoms with Crippen LogP contribution in [0.4, 0.5) is 0 Å². The van der Waals surface area contributed by atoms with E-state index in [0.29, 0.717) is 18.8 Å². The van der Waals surface area contributed by atoms with Crippen LogP contribution in [0.5, 0.6) is 0 Å². The summed E-state index contributed by atoms with van der Waals surface area (Å²) in [5.74, 6) is 1.07. The number of carbonyl (C=O) groups excluding carboxylic acids is 2. The Morgan fingerprint density at radius 2 is 2.12 bits per heavy atom. The number of amides is 2. The van der Waals surface area contributed by atoms with Crippen molar-refractivity contribution in [1.29, 1.82) is 0 Å². The molecule has 0 saturated carbocycles. The van der Waals surface area contributed by atoms with Gasteiger partial charge in [-0.2, -0.15) is 0 Å². The summed E-state index contributed by atoms with van der Waals surface area (Å²) < 4.78 is 7.01. The van der Waals surface area contributed by atoms with Crippen LogP contribution in [0.25, 0.3) is 0 Å². The minimum Gasteiger partial charge on any atom is -0.459 e. The van der Waals surface area contributed by atoms with Crippen LogP contribution >= 0.6 is 0 Å². The van der Waals surface area contributed by atoms with E-state index in [1.54, 1.807) is 23.2 Å². The number of likely N-dealkylation sites (tertiary alicyclic amines) is 1. The molecule has 1 unspecified atom stereocenters. The van der Waals surface area contributed by atoms with Crippen LogP contribution in [-0.4, -0.2) is 45.4 Å². The van der Waals surface area contributed by atoms with Crippen molar-refractivity contribution in [3.8, 4) is 0 Å². The second-order valence-electron chi connectivity index (χ2n) is 6.11. The fraction of sp³-hybridized carbons (Fsp3) is 0.471. The minimum atomic E-state index is -0.296. The molecule has 7 heteroatoms. The van der Waals surface area contributed by atoms with Gasteiger partial charge >= 0.3 is 0 Å². The third-order valence-corrected chi connectivity index (χ3v) is 4.52. The van der Waals surface area contributed by atoms with Crippen LogP contribution in [-0.2, 0) is 4.79 Å². The van der Waals surface area contributed by atoms with Gasteiger partial charge in [-0.25, -0.2) is 4.98 Å². The number of aryl methyl sites for hydroxylation is 1. The Hall–Kier alpha value is -2.57. The van der Waals surface area contributed by atoms with Crippen LogP contribution in [0.15, 0.2) is 35.2 Å². The highest BCUT2D eigenvalue weighted by molar-refractivity contribution is 5.91. The molecule has 3 rings (SSSR count). The molecule has 1 N–H and O–H groups in total. The predicted molar refractivity (Wildman–Crippen MR) is 87.5 cm³/mol. The van der Waals surface area contributed by atoms with E-state index in [2.05, 4.69) is 10.3 Å². The number of furan rings is 1. The van der Waals surface area contributed by atoms with Crippen molar-refractivity contribution in [3.05, 3.63) is 42.4 Å². The normalized spacial score (nSPS) is 16.8. The van der Waals surface area contributed by atoms with Gasteiger partial charge in [0.1, 0.15) is 11.9 Å². The highest BCUT2D eigenvalue weighted by atomic mass is 16.3. The van der Waals surface area contributed by atoms with E-state index >= 15 is 0 Å². The summed E-state index contributed by atoms with van der Waals surface area (Å²) in [4.78, 5) is 30.6. The zero-order valence-corrected chi connectivity index (χ0v) is 13.9. The molecule has 1 fully saturated rings. The number of hydrogen-bond acceptors (Lipinski definition) is 4. The molecular weight excluding hydrogens is 308 g/mol. The summed E-state index contributed by atoms with van der Waals surface area (Å²) >= 11 is 0. The third-order valence-electron chi connectivity index (χ3n) is 4.52. The van der Waals surface area contributed by atoms with Crippen molar-refractivity contribution in [2.75, 3.05) is 13.1 Å². The Kier molecular flexibility index (Phi) is 4.69. The maximum absolute atomic E-state index is 12.4. The Bertz CT molecular complexity index is 699. The first-order valence-electron chi connectivity index (χ1n) is 8.19. The van der Waals surface area contributed by atoms with Crippen molar-refractivity contribution in [2.45, 2.75) is 38.8 Å². The number of rotatable bonds is 4. The number of hydrogen-bond donors (Lipinski definition) is 1. The summed E-state index contributed by atoms with van der Waals surface area (Å²) in [5.41, 5.74) is 0. The third kappa shape index (κ3) is 3.34. The Morgan fingerprint density at radius 3 is 2.71 bits per heavy atom. The first-order chi connectivity index (χ1) is 11.6. The van der Waals surface area contributed by atoms with Crippen LogP contribution in [0, 0.1) is 6.92 Å². The van der Waals surface area contributed by atoms with Gasteiger partial charge in [-0.1, -0.05) is 0 Å². The first kappa shape index (κ1) is 16.3. The molecule has 2 amide bonds. The standard InChI is InChI=1S/C17H22N4O3/c1-12(21-10-7-18-13(21)2)16(22)19-14-5-8-20(9-6-14)17(23)15-4-3-11-24-15/h3-4,7,10-12,14H,5-6,8-9H2,1-2H3,(H,19,22). The van der Waals surface area contributed by atoms with Gasteiger partial charge in [-0.3, -0.25) is 9.59 Å². The molecule has 1 aliphatic rings. The molecule has 1 aliphatic heterocycles. The summed E-state index contributed by atoms with van der Waals surface area (Å²) in [6.45, 7) is 4.97. The maximum Gasteiger partial charge on any atom is 0.289 e. The van der Waals surface area contributed by atoms with Crippen molar-refractivity contribution in [1.82, 2.24) is 19.8 Å². The number of imidazole rings is 1. The fourth-order valence-electron chi connectivity index (χ4n) is 3.03. The van der Waals surface area contributed by atoms with E-state index in [1.165, 1.54) is 6.26 Å². The number of nitrogens with zero attached hydrogens (tertiary/aromatic N) is 3. The van der Waals surface area contributed by atoms with Gasteiger partial charge in [-0.05, 0) is 38.8 Å². The second-order valence-corrected chi connectivity index (χ2v) is 6.11. The van der Waals surface area contributed by atoms with Gasteiger partial charge in [0.2, 0.25) is 5.91 Å². The second kappa shape index (κ2) is 6.90. The SMILES string of the molecule is Cc1nccn1C(C)C(=O)NC1CCN(C(=O)c2ccco2)CC1. The highest BCUT2D eigenvalue weighted by Gasteiger charge is 2.27. The van der Waals surface area contributed by atoms with Crippen molar-refractivity contribution >= 4 is 11.8 Å². The van der Waals surface area contributed by atoms with Crippen molar-refractivity contribution in [2.24, 2.45) is 0 Å². The lowest BCUT2D eigenvalue weighted by molar-refractivity contribution is -0.124. The molecule has 1 saturated heterocycles. The predicted octanol–water partition coefficient (Wildman–Crippen LogP) is 1.77. The summed E-state index contributed by atoms with van der Waals surface area (Å²) in [7, 11) is 0. The van der Waals surface area contributed by atoms with Gasteiger partial charge < -0.3 is 19.2 Å². The Labute approximate surface area is 140 Å². The number of nitrogens with one attached hydrogen (secondary N) is 1. The molecule has 2 aromatic rings. The average Bonchev–Trinajstić information content (AvgIpc) is 3.25. The van der Waals surface area contributed by atoms with Crippen LogP contribution in [0.1, 0.15) is 42.2 Å². The Morgan fingerprint density at radius 1 is 1.38 bits per heavy atom. The lowest BCUT2D eigenvalue weighted by atomic mass is 10.0. The molecule has 3 heterocycles. The van der Waals surface area contributed by atoms with E-state index in [1.807, 2.05) is 24.6 Å². The summed E-state index contributed by atoms with van der Waals surface area (Å²) in [6, 6.07) is 3.17. The van der Waals surface area contributed by atoms with Gasteiger partial charge in [0.25, 0.3) is 5.91 Å². The smallest absolute Gasteiger partial charge is 0.289 e. The van der Waals surface area contributed by atoms with Crippen LogP contribution in [0.2, 0.25) is 0 Å². The quantitative estimate of drug-likeness (QED) is 0.926. The van der Waals surface area contributed by atoms with Gasteiger partial charge in [-0.15, -0.1) is 0 Å². The molecule has 2 aromatic heterocycles. The van der Waals surface area contributed by atoms with Crippen molar-refractivity contribution in [3.63, 3.8) is 0 Å². The zero-order chi connectivity index (χ0) is 17.1. The van der Waals surface area contributed by atoms with Crippen molar-refractivity contribution < 1.29 is 14.0 Å².